The topological polar surface area (TPSA) is 64.6 Å². The van der Waals surface area contributed by atoms with Crippen LogP contribution in [0.1, 0.15) is 25.8 Å². The van der Waals surface area contributed by atoms with Crippen LogP contribution in [0.5, 0.6) is 5.75 Å². The second-order valence-electron chi connectivity index (χ2n) is 5.08. The summed E-state index contributed by atoms with van der Waals surface area (Å²) in [4.78, 5) is 24.0. The lowest BCUT2D eigenvalue weighted by Gasteiger charge is -2.27. The molecule has 0 aliphatic carbocycles. The van der Waals surface area contributed by atoms with E-state index in [9.17, 15) is 9.59 Å². The van der Waals surface area contributed by atoms with Crippen molar-refractivity contribution in [1.82, 2.24) is 5.32 Å². The van der Waals surface area contributed by atoms with Gasteiger partial charge in [-0.3, -0.25) is 4.79 Å². The van der Waals surface area contributed by atoms with E-state index in [-0.39, 0.29) is 5.91 Å². The van der Waals surface area contributed by atoms with Gasteiger partial charge in [-0.05, 0) is 25.0 Å². The molecule has 108 valence electrons. The number of amides is 1. The lowest BCUT2D eigenvalue weighted by Crippen LogP contribution is -2.55. The van der Waals surface area contributed by atoms with E-state index in [4.69, 9.17) is 9.47 Å². The molecule has 2 atom stereocenters. The fraction of sp³-hybridized carbons (Fsp3) is 0.467. The molecule has 5 nitrogen and oxygen atoms in total. The number of carbonyl (C=O) groups excluding carboxylic acids is 2. The van der Waals surface area contributed by atoms with Crippen molar-refractivity contribution >= 4 is 11.9 Å². The van der Waals surface area contributed by atoms with Crippen molar-refractivity contribution in [3.8, 4) is 5.75 Å². The molecule has 1 aliphatic heterocycles. The molecule has 1 aromatic rings. The standard InChI is InChI=1S/C15H19NO4/c1-4-15(2,14(18)19-3)16-13(17)12-9-10-7-5-6-8-11(10)20-12/h5-8,12H,4,9H2,1-3H3,(H,16,17)/t12-,15-/m1/s1. The number of ether oxygens (including phenoxy) is 2. The molecular formula is C15H19NO4. The number of hydrogen-bond acceptors (Lipinski definition) is 4. The van der Waals surface area contributed by atoms with Crippen molar-refractivity contribution in [2.24, 2.45) is 0 Å². The minimum absolute atomic E-state index is 0.295. The minimum atomic E-state index is -1.02. The molecule has 1 aromatic carbocycles. The van der Waals surface area contributed by atoms with Crippen LogP contribution in [-0.2, 0) is 20.7 Å². The monoisotopic (exact) mass is 277 g/mol. The van der Waals surface area contributed by atoms with Crippen LogP contribution < -0.4 is 10.1 Å². The van der Waals surface area contributed by atoms with E-state index in [1.165, 1.54) is 7.11 Å². The van der Waals surface area contributed by atoms with E-state index in [0.29, 0.717) is 12.8 Å². The molecule has 1 amide bonds. The summed E-state index contributed by atoms with van der Waals surface area (Å²) in [5.74, 6) is -0.0243. The molecule has 1 N–H and O–H groups in total. The number of esters is 1. The third-order valence-electron chi connectivity index (χ3n) is 3.68. The molecule has 0 spiro atoms. The number of rotatable bonds is 4. The number of fused-ring (bicyclic) bond motifs is 1. The zero-order valence-corrected chi connectivity index (χ0v) is 11.9. The molecule has 0 saturated carbocycles. The Labute approximate surface area is 118 Å². The Morgan fingerprint density at radius 1 is 1.45 bits per heavy atom. The van der Waals surface area contributed by atoms with Gasteiger partial charge in [0.1, 0.15) is 11.3 Å². The predicted molar refractivity (Wildman–Crippen MR) is 73.4 cm³/mol. The smallest absolute Gasteiger partial charge is 0.331 e. The summed E-state index contributed by atoms with van der Waals surface area (Å²) in [6, 6.07) is 7.54. The summed E-state index contributed by atoms with van der Waals surface area (Å²) < 4.78 is 10.3. The first kappa shape index (κ1) is 14.4. The van der Waals surface area contributed by atoms with Gasteiger partial charge in [0.05, 0.1) is 7.11 Å². The summed E-state index contributed by atoms with van der Waals surface area (Å²) in [5, 5.41) is 2.73. The second-order valence-corrected chi connectivity index (χ2v) is 5.08. The van der Waals surface area contributed by atoms with Gasteiger partial charge >= 0.3 is 5.97 Å². The molecular weight excluding hydrogens is 258 g/mol. The lowest BCUT2D eigenvalue weighted by molar-refractivity contribution is -0.151. The van der Waals surface area contributed by atoms with Crippen molar-refractivity contribution < 1.29 is 19.1 Å². The van der Waals surface area contributed by atoms with Crippen LogP contribution in [0.3, 0.4) is 0 Å². The van der Waals surface area contributed by atoms with Crippen molar-refractivity contribution in [3.63, 3.8) is 0 Å². The van der Waals surface area contributed by atoms with E-state index in [1.54, 1.807) is 6.92 Å². The van der Waals surface area contributed by atoms with Gasteiger partial charge in [-0.15, -0.1) is 0 Å². The van der Waals surface area contributed by atoms with Gasteiger partial charge in [0.15, 0.2) is 6.10 Å². The average molecular weight is 277 g/mol. The van der Waals surface area contributed by atoms with Crippen LogP contribution >= 0.6 is 0 Å². The maximum absolute atomic E-state index is 12.3. The SMILES string of the molecule is CC[C@@](C)(NC(=O)[C@H]1Cc2ccccc2O1)C(=O)OC. The van der Waals surface area contributed by atoms with Gasteiger partial charge in [-0.1, -0.05) is 25.1 Å². The van der Waals surface area contributed by atoms with Gasteiger partial charge in [0.25, 0.3) is 5.91 Å². The van der Waals surface area contributed by atoms with Crippen molar-refractivity contribution in [1.29, 1.82) is 0 Å². The number of nitrogens with one attached hydrogen (secondary N) is 1. The van der Waals surface area contributed by atoms with Crippen LogP contribution in [0.4, 0.5) is 0 Å². The quantitative estimate of drug-likeness (QED) is 0.846. The number of para-hydroxylation sites is 1. The third-order valence-corrected chi connectivity index (χ3v) is 3.68. The highest BCUT2D eigenvalue weighted by Crippen LogP contribution is 2.28. The van der Waals surface area contributed by atoms with Gasteiger partial charge in [0, 0.05) is 6.42 Å². The second kappa shape index (κ2) is 5.53. The summed E-state index contributed by atoms with van der Waals surface area (Å²) in [6.45, 7) is 3.47. The molecule has 0 radical (unpaired) electrons. The molecule has 5 heteroatoms. The Morgan fingerprint density at radius 3 is 2.75 bits per heavy atom. The van der Waals surface area contributed by atoms with Gasteiger partial charge in [-0.25, -0.2) is 4.79 Å². The maximum Gasteiger partial charge on any atom is 0.331 e. The Bertz CT molecular complexity index is 503. The van der Waals surface area contributed by atoms with E-state index < -0.39 is 17.6 Å². The molecule has 20 heavy (non-hydrogen) atoms. The Balaban J connectivity index is 2.05. The van der Waals surface area contributed by atoms with Crippen LogP contribution in [0.25, 0.3) is 0 Å². The first-order valence-electron chi connectivity index (χ1n) is 6.65. The first-order chi connectivity index (χ1) is 9.50. The molecule has 0 unspecified atom stereocenters. The van der Waals surface area contributed by atoms with E-state index in [1.807, 2.05) is 31.2 Å². The van der Waals surface area contributed by atoms with Crippen LogP contribution in [0, 0.1) is 0 Å². The van der Waals surface area contributed by atoms with Crippen molar-refractivity contribution in [3.05, 3.63) is 29.8 Å². The zero-order valence-electron chi connectivity index (χ0n) is 11.9. The molecule has 0 bridgehead atoms. The number of hydrogen-bond donors (Lipinski definition) is 1. The fourth-order valence-corrected chi connectivity index (χ4v) is 2.19. The number of benzene rings is 1. The molecule has 0 saturated heterocycles. The molecule has 1 heterocycles. The third kappa shape index (κ3) is 2.61. The fourth-order valence-electron chi connectivity index (χ4n) is 2.19. The highest BCUT2D eigenvalue weighted by atomic mass is 16.5. The van der Waals surface area contributed by atoms with Gasteiger partial charge < -0.3 is 14.8 Å². The van der Waals surface area contributed by atoms with Crippen LogP contribution in [0.2, 0.25) is 0 Å². The normalized spacial score (nSPS) is 19.4. The summed E-state index contributed by atoms with van der Waals surface area (Å²) in [6.07, 6.45) is 0.372. The molecule has 0 fully saturated rings. The highest BCUT2D eigenvalue weighted by Gasteiger charge is 2.38. The summed E-state index contributed by atoms with van der Waals surface area (Å²) in [5.41, 5.74) is -0.0202. The van der Waals surface area contributed by atoms with E-state index >= 15 is 0 Å². The van der Waals surface area contributed by atoms with Crippen LogP contribution in [-0.4, -0.2) is 30.6 Å². The zero-order chi connectivity index (χ0) is 14.8. The van der Waals surface area contributed by atoms with Crippen molar-refractivity contribution in [2.75, 3.05) is 7.11 Å². The molecule has 2 rings (SSSR count). The Kier molecular flexibility index (Phi) is 3.97. The maximum atomic E-state index is 12.3. The van der Waals surface area contributed by atoms with Crippen LogP contribution in [0.15, 0.2) is 24.3 Å². The van der Waals surface area contributed by atoms with Crippen molar-refractivity contribution in [2.45, 2.75) is 38.3 Å². The Hall–Kier alpha value is -2.04. The van der Waals surface area contributed by atoms with E-state index in [0.717, 1.165) is 11.3 Å². The number of methoxy groups -OCH3 is 1. The Morgan fingerprint density at radius 2 is 2.15 bits per heavy atom. The lowest BCUT2D eigenvalue weighted by atomic mass is 9.98. The number of carbonyl (C=O) groups is 2. The van der Waals surface area contributed by atoms with E-state index in [2.05, 4.69) is 5.32 Å². The molecule has 0 aromatic heterocycles. The first-order valence-corrected chi connectivity index (χ1v) is 6.65. The van der Waals surface area contributed by atoms with Gasteiger partial charge in [0.2, 0.25) is 0 Å². The predicted octanol–water partition coefficient (Wildman–Crippen LogP) is 1.45. The molecule has 1 aliphatic rings. The summed E-state index contributed by atoms with van der Waals surface area (Å²) >= 11 is 0. The minimum Gasteiger partial charge on any atom is -0.480 e. The highest BCUT2D eigenvalue weighted by molar-refractivity contribution is 5.90. The largest absolute Gasteiger partial charge is 0.480 e. The van der Waals surface area contributed by atoms with Gasteiger partial charge in [-0.2, -0.15) is 0 Å². The summed E-state index contributed by atoms with van der Waals surface area (Å²) in [7, 11) is 1.31. The average Bonchev–Trinajstić information content (AvgIpc) is 2.90.